The van der Waals surface area contributed by atoms with Crippen LogP contribution in [0, 0.1) is 13.8 Å². The van der Waals surface area contributed by atoms with Gasteiger partial charge in [-0.15, -0.1) is 11.3 Å². The predicted octanol–water partition coefficient (Wildman–Crippen LogP) is 5.23. The first-order valence-electron chi connectivity index (χ1n) is 8.58. The Hall–Kier alpha value is -2.70. The van der Waals surface area contributed by atoms with Gasteiger partial charge in [0.1, 0.15) is 9.86 Å². The van der Waals surface area contributed by atoms with Gasteiger partial charge in [0.2, 0.25) is 0 Å². The number of rotatable bonds is 2. The van der Waals surface area contributed by atoms with Crippen LogP contribution < -0.4 is 5.56 Å². The number of thiophene rings is 1. The lowest BCUT2D eigenvalue weighted by molar-refractivity contribution is 0.835. The summed E-state index contributed by atoms with van der Waals surface area (Å²) in [6, 6.07) is 18.1. The lowest BCUT2D eigenvalue weighted by atomic mass is 10.2. The monoisotopic (exact) mass is 389 g/mol. The van der Waals surface area contributed by atoms with Crippen molar-refractivity contribution in [2.45, 2.75) is 23.8 Å². The molecule has 132 valence electrons. The average Bonchev–Trinajstić information content (AvgIpc) is 2.98. The summed E-state index contributed by atoms with van der Waals surface area (Å²) in [4.78, 5) is 21.0. The molecule has 0 aliphatic rings. The first-order chi connectivity index (χ1) is 13.1. The van der Waals surface area contributed by atoms with E-state index in [2.05, 4.69) is 0 Å². The Kier molecular flexibility index (Phi) is 3.77. The normalized spacial score (nSPS) is 11.6. The van der Waals surface area contributed by atoms with E-state index < -0.39 is 0 Å². The van der Waals surface area contributed by atoms with Crippen LogP contribution in [0.2, 0.25) is 0 Å². The number of fused-ring (bicyclic) bond motifs is 4. The molecule has 5 rings (SSSR count). The average molecular weight is 390 g/mol. The SMILES string of the molecule is Cc1sc2nc3c4ccccc4c(Sc4ccccc4)nn3c(=O)c2c1C. The summed E-state index contributed by atoms with van der Waals surface area (Å²) in [5.74, 6) is 0. The van der Waals surface area contributed by atoms with E-state index in [0.717, 1.165) is 36.0 Å². The Morgan fingerprint density at radius 2 is 1.67 bits per heavy atom. The van der Waals surface area contributed by atoms with Crippen molar-refractivity contribution in [3.63, 3.8) is 0 Å². The zero-order chi connectivity index (χ0) is 18.5. The molecule has 27 heavy (non-hydrogen) atoms. The van der Waals surface area contributed by atoms with E-state index in [1.807, 2.05) is 68.4 Å². The number of hydrogen-bond donors (Lipinski definition) is 0. The summed E-state index contributed by atoms with van der Waals surface area (Å²) in [5.41, 5.74) is 1.51. The van der Waals surface area contributed by atoms with Gasteiger partial charge in [-0.2, -0.15) is 9.61 Å². The highest BCUT2D eigenvalue weighted by Crippen LogP contribution is 2.34. The lowest BCUT2D eigenvalue weighted by Gasteiger charge is -2.09. The van der Waals surface area contributed by atoms with Crippen molar-refractivity contribution in [3.8, 4) is 0 Å². The van der Waals surface area contributed by atoms with E-state index in [-0.39, 0.29) is 5.56 Å². The van der Waals surface area contributed by atoms with Crippen molar-refractivity contribution >= 4 is 49.7 Å². The van der Waals surface area contributed by atoms with Crippen molar-refractivity contribution in [3.05, 3.63) is 75.4 Å². The molecule has 0 amide bonds. The minimum atomic E-state index is -0.0995. The fourth-order valence-electron chi connectivity index (χ4n) is 3.24. The Balaban J connectivity index is 1.90. The van der Waals surface area contributed by atoms with Gasteiger partial charge in [0, 0.05) is 20.5 Å². The van der Waals surface area contributed by atoms with Gasteiger partial charge in [-0.25, -0.2) is 4.98 Å². The third-order valence-electron chi connectivity index (χ3n) is 4.73. The van der Waals surface area contributed by atoms with Crippen LogP contribution in [0.15, 0.2) is 69.3 Å². The molecule has 0 aliphatic carbocycles. The van der Waals surface area contributed by atoms with Crippen LogP contribution in [0.25, 0.3) is 26.6 Å². The molecule has 0 fully saturated rings. The largest absolute Gasteiger partial charge is 0.283 e. The zero-order valence-electron chi connectivity index (χ0n) is 14.8. The molecular weight excluding hydrogens is 374 g/mol. The van der Waals surface area contributed by atoms with Crippen molar-refractivity contribution < 1.29 is 0 Å². The molecule has 0 aliphatic heterocycles. The third kappa shape index (κ3) is 2.56. The summed E-state index contributed by atoms with van der Waals surface area (Å²) in [6.07, 6.45) is 0. The van der Waals surface area contributed by atoms with Crippen LogP contribution in [0.1, 0.15) is 10.4 Å². The predicted molar refractivity (Wildman–Crippen MR) is 112 cm³/mol. The van der Waals surface area contributed by atoms with Gasteiger partial charge >= 0.3 is 0 Å². The van der Waals surface area contributed by atoms with Crippen molar-refractivity contribution in [1.29, 1.82) is 0 Å². The maximum atomic E-state index is 13.2. The molecule has 0 radical (unpaired) electrons. The molecule has 0 atom stereocenters. The number of hydrogen-bond acceptors (Lipinski definition) is 5. The van der Waals surface area contributed by atoms with Crippen LogP contribution in [0.4, 0.5) is 0 Å². The fourth-order valence-corrected chi connectivity index (χ4v) is 5.18. The number of aromatic nitrogens is 3. The first-order valence-corrected chi connectivity index (χ1v) is 10.2. The van der Waals surface area contributed by atoms with Crippen molar-refractivity contribution in [2.75, 3.05) is 0 Å². The highest BCUT2D eigenvalue weighted by atomic mass is 32.2. The standard InChI is InChI=1S/C21H15N3OS2/c1-12-13(2)26-20-17(12)21(25)24-18(22-20)15-10-6-7-11-16(15)19(23-24)27-14-8-4-3-5-9-14/h3-11H,1-2H3. The van der Waals surface area contributed by atoms with E-state index >= 15 is 0 Å². The van der Waals surface area contributed by atoms with Crippen LogP contribution in [0.3, 0.4) is 0 Å². The van der Waals surface area contributed by atoms with E-state index in [9.17, 15) is 4.79 Å². The van der Waals surface area contributed by atoms with Gasteiger partial charge in [0.05, 0.1) is 5.39 Å². The molecule has 3 heterocycles. The molecule has 0 bridgehead atoms. The summed E-state index contributed by atoms with van der Waals surface area (Å²) in [6.45, 7) is 4.00. The smallest absolute Gasteiger partial charge is 0.267 e. The molecule has 5 aromatic rings. The minimum absolute atomic E-state index is 0.0995. The van der Waals surface area contributed by atoms with E-state index in [0.29, 0.717) is 11.0 Å². The van der Waals surface area contributed by atoms with Gasteiger partial charge in [0.25, 0.3) is 5.56 Å². The lowest BCUT2D eigenvalue weighted by Crippen LogP contribution is -2.18. The molecule has 0 saturated heterocycles. The van der Waals surface area contributed by atoms with Crippen LogP contribution in [-0.4, -0.2) is 14.6 Å². The minimum Gasteiger partial charge on any atom is -0.267 e. The number of benzene rings is 2. The second-order valence-electron chi connectivity index (χ2n) is 6.38. The van der Waals surface area contributed by atoms with E-state index in [1.54, 1.807) is 23.1 Å². The molecule has 0 N–H and O–H groups in total. The van der Waals surface area contributed by atoms with Gasteiger partial charge in [-0.1, -0.05) is 54.2 Å². The van der Waals surface area contributed by atoms with Gasteiger partial charge in [-0.05, 0) is 31.5 Å². The Morgan fingerprint density at radius 3 is 2.44 bits per heavy atom. The van der Waals surface area contributed by atoms with Gasteiger partial charge in [0.15, 0.2) is 5.65 Å². The second kappa shape index (κ2) is 6.18. The number of aryl methyl sites for hydroxylation is 2. The molecule has 3 aromatic heterocycles. The Morgan fingerprint density at radius 1 is 0.963 bits per heavy atom. The maximum Gasteiger partial charge on any atom is 0.283 e. The summed E-state index contributed by atoms with van der Waals surface area (Å²) in [5, 5.41) is 8.13. The van der Waals surface area contributed by atoms with Gasteiger partial charge in [-0.3, -0.25) is 4.79 Å². The number of nitrogens with zero attached hydrogens (tertiary/aromatic N) is 3. The molecule has 0 saturated carbocycles. The van der Waals surface area contributed by atoms with E-state index in [4.69, 9.17) is 10.1 Å². The van der Waals surface area contributed by atoms with Crippen LogP contribution in [-0.2, 0) is 0 Å². The third-order valence-corrected chi connectivity index (χ3v) is 6.83. The van der Waals surface area contributed by atoms with Crippen molar-refractivity contribution in [2.24, 2.45) is 0 Å². The van der Waals surface area contributed by atoms with E-state index in [1.165, 1.54) is 4.52 Å². The maximum absolute atomic E-state index is 13.2. The van der Waals surface area contributed by atoms with Crippen LogP contribution >= 0.6 is 23.1 Å². The summed E-state index contributed by atoms with van der Waals surface area (Å²) in [7, 11) is 0. The molecule has 6 heteroatoms. The summed E-state index contributed by atoms with van der Waals surface area (Å²) < 4.78 is 1.47. The quantitative estimate of drug-likeness (QED) is 0.388. The molecule has 2 aromatic carbocycles. The Bertz CT molecular complexity index is 1390. The molecule has 0 spiro atoms. The Labute approximate surface area is 163 Å². The fraction of sp³-hybridized carbons (Fsp3) is 0.0952. The molecular formula is C21H15N3OS2. The van der Waals surface area contributed by atoms with Crippen LogP contribution in [0.5, 0.6) is 0 Å². The molecule has 4 nitrogen and oxygen atoms in total. The topological polar surface area (TPSA) is 47.3 Å². The van der Waals surface area contributed by atoms with Crippen molar-refractivity contribution in [1.82, 2.24) is 14.6 Å². The summed E-state index contributed by atoms with van der Waals surface area (Å²) >= 11 is 3.13. The zero-order valence-corrected chi connectivity index (χ0v) is 16.4. The molecule has 0 unspecified atom stereocenters. The van der Waals surface area contributed by atoms with Gasteiger partial charge < -0.3 is 0 Å². The highest BCUT2D eigenvalue weighted by molar-refractivity contribution is 7.99. The first kappa shape index (κ1) is 16.5. The second-order valence-corrected chi connectivity index (χ2v) is 8.65. The highest BCUT2D eigenvalue weighted by Gasteiger charge is 2.17.